The van der Waals surface area contributed by atoms with Crippen molar-refractivity contribution >= 4 is 22.7 Å². The molecule has 4 heterocycles. The standard InChI is InChI=1S/C26H27F5N8O2/c1-41-15-3-4-16(17(8-15)26(29,30)31)18-7-14(10-39-13-37-20-23(32)35-12-36-24(20)39)19(9-34-18)38-6-2-5-25(33,11-38)21(40)22(27)28/h3-4,7-9,12-13,21-22,40H,2,5-6,10-11,33H2,1H3,(H2,32,35,36)/t21-,25+/m0/s1. The van der Waals surface area contributed by atoms with Crippen molar-refractivity contribution in [2.24, 2.45) is 5.73 Å². The largest absolute Gasteiger partial charge is 0.497 e. The van der Waals surface area contributed by atoms with Crippen LogP contribution in [0.3, 0.4) is 0 Å². The van der Waals surface area contributed by atoms with Crippen molar-refractivity contribution in [3.05, 3.63) is 54.2 Å². The molecule has 15 heteroatoms. The maximum absolute atomic E-state index is 14.0. The van der Waals surface area contributed by atoms with Gasteiger partial charge in [-0.3, -0.25) is 4.98 Å². The number of hydrogen-bond donors (Lipinski definition) is 3. The molecule has 41 heavy (non-hydrogen) atoms. The van der Waals surface area contributed by atoms with Gasteiger partial charge in [0.2, 0.25) is 0 Å². The van der Waals surface area contributed by atoms with Gasteiger partial charge in [0.25, 0.3) is 6.43 Å². The number of aromatic nitrogens is 5. The molecule has 218 valence electrons. The molecule has 1 aliphatic heterocycles. The Morgan fingerprint density at radius 2 is 1.93 bits per heavy atom. The Bertz CT molecular complexity index is 1560. The molecular formula is C26H27F5N8O2. The number of pyridine rings is 1. The lowest BCUT2D eigenvalue weighted by Crippen LogP contribution is -2.63. The highest BCUT2D eigenvalue weighted by molar-refractivity contribution is 5.81. The summed E-state index contributed by atoms with van der Waals surface area (Å²) in [5, 5.41) is 10.2. The van der Waals surface area contributed by atoms with Crippen LogP contribution in [0.1, 0.15) is 24.0 Å². The number of aliphatic hydroxyl groups is 1. The van der Waals surface area contributed by atoms with E-state index in [0.29, 0.717) is 35.4 Å². The predicted molar refractivity (Wildman–Crippen MR) is 140 cm³/mol. The molecule has 0 amide bonds. The van der Waals surface area contributed by atoms with Gasteiger partial charge in [-0.25, -0.2) is 23.7 Å². The fourth-order valence-corrected chi connectivity index (χ4v) is 5.17. The molecule has 0 spiro atoms. The number of methoxy groups -OCH3 is 1. The van der Waals surface area contributed by atoms with E-state index in [0.717, 1.165) is 6.07 Å². The Morgan fingerprint density at radius 1 is 1.15 bits per heavy atom. The number of alkyl halides is 5. The SMILES string of the molecule is COc1ccc(-c2cc(Cn3cnc4c(N)ncnc43)c(N3CCC[C@](N)([C@@H](O)C(F)F)C3)cn2)c(C(F)(F)F)c1. The molecule has 3 aromatic heterocycles. The van der Waals surface area contributed by atoms with Crippen molar-refractivity contribution in [3.63, 3.8) is 0 Å². The van der Waals surface area contributed by atoms with Gasteiger partial charge in [-0.1, -0.05) is 0 Å². The number of hydrogen-bond acceptors (Lipinski definition) is 9. The number of nitrogen functional groups attached to an aromatic ring is 1. The molecule has 5 rings (SSSR count). The van der Waals surface area contributed by atoms with E-state index in [1.54, 1.807) is 9.47 Å². The predicted octanol–water partition coefficient (Wildman–Crippen LogP) is 3.47. The normalized spacial score (nSPS) is 18.7. The van der Waals surface area contributed by atoms with Gasteiger partial charge in [0.15, 0.2) is 11.5 Å². The summed E-state index contributed by atoms with van der Waals surface area (Å²) in [6, 6.07) is 5.08. The van der Waals surface area contributed by atoms with Gasteiger partial charge in [-0.05, 0) is 42.7 Å². The smallest absolute Gasteiger partial charge is 0.417 e. The molecule has 1 aliphatic rings. The molecule has 0 saturated carbocycles. The van der Waals surface area contributed by atoms with Gasteiger partial charge in [0.05, 0.1) is 48.7 Å². The summed E-state index contributed by atoms with van der Waals surface area (Å²) in [5.74, 6) is 0.188. The van der Waals surface area contributed by atoms with E-state index in [9.17, 15) is 27.1 Å². The molecule has 4 aromatic rings. The van der Waals surface area contributed by atoms with Crippen molar-refractivity contribution < 1.29 is 31.8 Å². The van der Waals surface area contributed by atoms with Gasteiger partial charge in [0, 0.05) is 18.7 Å². The van der Waals surface area contributed by atoms with Crippen LogP contribution in [0.15, 0.2) is 43.1 Å². The lowest BCUT2D eigenvalue weighted by molar-refractivity contribution is -0.137. The Morgan fingerprint density at radius 3 is 2.63 bits per heavy atom. The van der Waals surface area contributed by atoms with Gasteiger partial charge in [-0.15, -0.1) is 0 Å². The average molecular weight is 579 g/mol. The van der Waals surface area contributed by atoms with Gasteiger partial charge >= 0.3 is 6.18 Å². The number of benzene rings is 1. The van der Waals surface area contributed by atoms with Crippen LogP contribution in [0.25, 0.3) is 22.4 Å². The Labute approximate surface area is 230 Å². The number of nitrogens with two attached hydrogens (primary N) is 2. The Kier molecular flexibility index (Phi) is 7.42. The highest BCUT2D eigenvalue weighted by Crippen LogP contribution is 2.40. The molecule has 1 saturated heterocycles. The fourth-order valence-electron chi connectivity index (χ4n) is 5.17. The third kappa shape index (κ3) is 5.46. The number of rotatable bonds is 7. The summed E-state index contributed by atoms with van der Waals surface area (Å²) in [5.41, 5.74) is 11.2. The Hall–Kier alpha value is -4.11. The van der Waals surface area contributed by atoms with Crippen molar-refractivity contribution in [1.29, 1.82) is 0 Å². The van der Waals surface area contributed by atoms with E-state index < -0.39 is 29.8 Å². The maximum Gasteiger partial charge on any atom is 0.417 e. The van der Waals surface area contributed by atoms with Gasteiger partial charge < -0.3 is 30.8 Å². The van der Waals surface area contributed by atoms with E-state index >= 15 is 0 Å². The summed E-state index contributed by atoms with van der Waals surface area (Å²) in [6.45, 7) is 0.350. The first-order chi connectivity index (χ1) is 19.4. The van der Waals surface area contributed by atoms with Crippen LogP contribution in [0, 0.1) is 0 Å². The van der Waals surface area contributed by atoms with Crippen LogP contribution in [-0.2, 0) is 12.7 Å². The summed E-state index contributed by atoms with van der Waals surface area (Å²) >= 11 is 0. The number of fused-ring (bicyclic) bond motifs is 1. The first-order valence-corrected chi connectivity index (χ1v) is 12.6. The third-order valence-electron chi connectivity index (χ3n) is 7.27. The molecule has 1 aromatic carbocycles. The minimum Gasteiger partial charge on any atom is -0.497 e. The van der Waals surface area contributed by atoms with Crippen LogP contribution < -0.4 is 21.1 Å². The quantitative estimate of drug-likeness (QED) is 0.281. The molecular weight excluding hydrogens is 551 g/mol. The number of nitrogens with zero attached hydrogens (tertiary/aromatic N) is 6. The van der Waals surface area contributed by atoms with Gasteiger partial charge in [0.1, 0.15) is 23.7 Å². The lowest BCUT2D eigenvalue weighted by atomic mass is 9.84. The number of anilines is 2. The third-order valence-corrected chi connectivity index (χ3v) is 7.27. The number of piperidine rings is 1. The number of imidazole rings is 1. The minimum absolute atomic E-state index is 0.0286. The fraction of sp³-hybridized carbons (Fsp3) is 0.385. The first kappa shape index (κ1) is 28.4. The second kappa shape index (κ2) is 10.7. The Balaban J connectivity index is 1.63. The minimum atomic E-state index is -4.70. The highest BCUT2D eigenvalue weighted by Gasteiger charge is 2.43. The summed E-state index contributed by atoms with van der Waals surface area (Å²) in [4.78, 5) is 18.5. The maximum atomic E-state index is 14.0. The molecule has 0 radical (unpaired) electrons. The van der Waals surface area contributed by atoms with E-state index in [4.69, 9.17) is 16.2 Å². The van der Waals surface area contributed by atoms with Crippen LogP contribution >= 0.6 is 0 Å². The summed E-state index contributed by atoms with van der Waals surface area (Å²) in [7, 11) is 1.27. The summed E-state index contributed by atoms with van der Waals surface area (Å²) < 4.78 is 75.6. The van der Waals surface area contributed by atoms with Crippen molar-refractivity contribution in [2.45, 2.75) is 43.6 Å². The van der Waals surface area contributed by atoms with E-state index in [-0.39, 0.29) is 42.3 Å². The average Bonchev–Trinajstić information content (AvgIpc) is 3.35. The van der Waals surface area contributed by atoms with E-state index in [2.05, 4.69) is 19.9 Å². The van der Waals surface area contributed by atoms with Crippen LogP contribution in [0.2, 0.25) is 0 Å². The zero-order valence-electron chi connectivity index (χ0n) is 21.8. The second-order valence-electron chi connectivity index (χ2n) is 9.95. The molecule has 0 unspecified atom stereocenters. The molecule has 5 N–H and O–H groups in total. The van der Waals surface area contributed by atoms with E-state index in [1.165, 1.54) is 44.2 Å². The van der Waals surface area contributed by atoms with Crippen molar-refractivity contribution in [2.75, 3.05) is 30.8 Å². The molecule has 0 aliphatic carbocycles. The van der Waals surface area contributed by atoms with Crippen LogP contribution in [0.4, 0.5) is 33.5 Å². The lowest BCUT2D eigenvalue weighted by Gasteiger charge is -2.44. The van der Waals surface area contributed by atoms with Gasteiger partial charge in [-0.2, -0.15) is 13.2 Å². The van der Waals surface area contributed by atoms with Crippen LogP contribution in [0.5, 0.6) is 5.75 Å². The zero-order valence-corrected chi connectivity index (χ0v) is 21.8. The second-order valence-corrected chi connectivity index (χ2v) is 9.95. The first-order valence-electron chi connectivity index (χ1n) is 12.6. The van der Waals surface area contributed by atoms with E-state index in [1.807, 2.05) is 0 Å². The van der Waals surface area contributed by atoms with Crippen LogP contribution in [-0.4, -0.2) is 67.9 Å². The molecule has 0 bridgehead atoms. The number of aliphatic hydroxyl groups excluding tert-OH is 1. The number of halogens is 5. The number of ether oxygens (including phenoxy) is 1. The zero-order chi connectivity index (χ0) is 29.5. The molecule has 10 nitrogen and oxygen atoms in total. The highest BCUT2D eigenvalue weighted by atomic mass is 19.4. The monoisotopic (exact) mass is 578 g/mol. The van der Waals surface area contributed by atoms with Crippen molar-refractivity contribution in [3.8, 4) is 17.0 Å². The summed E-state index contributed by atoms with van der Waals surface area (Å²) in [6.07, 6.45) is -5.12. The topological polar surface area (TPSA) is 141 Å². The van der Waals surface area contributed by atoms with Crippen molar-refractivity contribution in [1.82, 2.24) is 24.5 Å². The molecule has 1 fully saturated rings. The molecule has 2 atom stereocenters.